The van der Waals surface area contributed by atoms with Crippen molar-refractivity contribution in [3.8, 4) is 0 Å². The second kappa shape index (κ2) is 6.62. The number of fused-ring (bicyclic) bond motifs is 1. The molecule has 0 saturated carbocycles. The molecule has 2 aromatic rings. The minimum absolute atomic E-state index is 0.155. The zero-order valence-electron chi connectivity index (χ0n) is 12.4. The summed E-state index contributed by atoms with van der Waals surface area (Å²) in [4.78, 5) is 13.3. The molecule has 2 aromatic carbocycles. The molecular weight excluding hydrogens is 276 g/mol. The Morgan fingerprint density at radius 1 is 1.09 bits per heavy atom. The van der Waals surface area contributed by atoms with E-state index < -0.39 is 6.09 Å². The quantitative estimate of drug-likeness (QED) is 0.944. The number of ether oxygens (including phenoxy) is 1. The molecule has 0 unspecified atom stereocenters. The number of nitrogens with two attached hydrogens (primary N) is 1. The Morgan fingerprint density at radius 2 is 1.77 bits per heavy atom. The number of primary amides is 1. The van der Waals surface area contributed by atoms with Gasteiger partial charge in [0.05, 0.1) is 0 Å². The Kier molecular flexibility index (Phi) is 4.39. The van der Waals surface area contributed by atoms with Crippen LogP contribution in [-0.4, -0.2) is 23.6 Å². The van der Waals surface area contributed by atoms with Crippen LogP contribution in [0.4, 0.5) is 4.79 Å². The predicted molar refractivity (Wildman–Crippen MR) is 85.2 cm³/mol. The van der Waals surface area contributed by atoms with E-state index in [1.807, 2.05) is 18.2 Å². The lowest BCUT2D eigenvalue weighted by Gasteiger charge is -2.36. The summed E-state index contributed by atoms with van der Waals surface area (Å²) < 4.78 is 5.06. The van der Waals surface area contributed by atoms with E-state index in [9.17, 15) is 4.79 Å². The first-order valence-electron chi connectivity index (χ1n) is 7.49. The molecule has 1 heterocycles. The molecule has 1 amide bonds. The highest BCUT2D eigenvalue weighted by Gasteiger charge is 2.26. The van der Waals surface area contributed by atoms with Crippen molar-refractivity contribution in [2.75, 3.05) is 6.61 Å². The minimum atomic E-state index is -0.710. The van der Waals surface area contributed by atoms with Gasteiger partial charge in [-0.3, -0.25) is 4.90 Å². The Bertz CT molecular complexity index is 643. The van der Waals surface area contributed by atoms with E-state index in [0.717, 1.165) is 19.5 Å². The highest BCUT2D eigenvalue weighted by Crippen LogP contribution is 2.25. The molecule has 4 nitrogen and oxygen atoms in total. The molecule has 4 heteroatoms. The smallest absolute Gasteiger partial charge is 0.404 e. The molecule has 1 aliphatic heterocycles. The Balaban J connectivity index is 1.79. The summed E-state index contributed by atoms with van der Waals surface area (Å²) >= 11 is 0. The number of amides is 1. The van der Waals surface area contributed by atoms with Crippen LogP contribution in [-0.2, 0) is 24.2 Å². The standard InChI is InChI=1S/C18H20N2O2/c19-18(21)22-13-17-10-15-8-4-5-9-16(15)12-20(17)11-14-6-2-1-3-7-14/h1-9,17H,10-13H2,(H2,19,21)/t17-/m0/s1. The first-order valence-corrected chi connectivity index (χ1v) is 7.49. The van der Waals surface area contributed by atoms with Crippen molar-refractivity contribution < 1.29 is 9.53 Å². The fourth-order valence-corrected chi connectivity index (χ4v) is 2.99. The van der Waals surface area contributed by atoms with Gasteiger partial charge in [-0.15, -0.1) is 0 Å². The largest absolute Gasteiger partial charge is 0.448 e. The molecule has 0 bridgehead atoms. The van der Waals surface area contributed by atoms with Crippen LogP contribution in [0.3, 0.4) is 0 Å². The van der Waals surface area contributed by atoms with Crippen LogP contribution in [0.15, 0.2) is 54.6 Å². The lowest BCUT2D eigenvalue weighted by molar-refractivity contribution is 0.0792. The van der Waals surface area contributed by atoms with Gasteiger partial charge >= 0.3 is 6.09 Å². The van der Waals surface area contributed by atoms with Gasteiger partial charge < -0.3 is 10.5 Å². The van der Waals surface area contributed by atoms with Gasteiger partial charge in [0, 0.05) is 19.1 Å². The molecule has 0 radical (unpaired) electrons. The molecule has 0 aromatic heterocycles. The number of carbonyl (C=O) groups is 1. The molecule has 1 aliphatic rings. The second-order valence-corrected chi connectivity index (χ2v) is 5.65. The molecule has 3 rings (SSSR count). The normalized spacial score (nSPS) is 17.7. The topological polar surface area (TPSA) is 55.6 Å². The van der Waals surface area contributed by atoms with Gasteiger partial charge in [0.25, 0.3) is 0 Å². The average Bonchev–Trinajstić information content (AvgIpc) is 2.53. The van der Waals surface area contributed by atoms with E-state index in [1.54, 1.807) is 0 Å². The van der Waals surface area contributed by atoms with Gasteiger partial charge in [-0.1, -0.05) is 54.6 Å². The summed E-state index contributed by atoms with van der Waals surface area (Å²) in [6.07, 6.45) is 0.162. The fourth-order valence-electron chi connectivity index (χ4n) is 2.99. The lowest BCUT2D eigenvalue weighted by Crippen LogP contribution is -2.43. The van der Waals surface area contributed by atoms with Gasteiger partial charge in [0.2, 0.25) is 0 Å². The Labute approximate surface area is 130 Å². The van der Waals surface area contributed by atoms with Crippen LogP contribution in [0.2, 0.25) is 0 Å². The highest BCUT2D eigenvalue weighted by molar-refractivity contribution is 5.64. The molecule has 0 aliphatic carbocycles. The van der Waals surface area contributed by atoms with Crippen molar-refractivity contribution in [3.63, 3.8) is 0 Å². The van der Waals surface area contributed by atoms with E-state index in [2.05, 4.69) is 41.3 Å². The van der Waals surface area contributed by atoms with Crippen LogP contribution < -0.4 is 5.73 Å². The SMILES string of the molecule is NC(=O)OC[C@@H]1Cc2ccccc2CN1Cc1ccccc1. The fraction of sp³-hybridized carbons (Fsp3) is 0.278. The summed E-state index contributed by atoms with van der Waals surface area (Å²) in [5.41, 5.74) is 9.04. The molecule has 2 N–H and O–H groups in total. The third kappa shape index (κ3) is 3.46. The Hall–Kier alpha value is -2.33. The van der Waals surface area contributed by atoms with Crippen molar-refractivity contribution in [1.82, 2.24) is 4.90 Å². The van der Waals surface area contributed by atoms with Crippen LogP contribution >= 0.6 is 0 Å². The zero-order chi connectivity index (χ0) is 15.4. The number of hydrogen-bond donors (Lipinski definition) is 1. The van der Waals surface area contributed by atoms with Gasteiger partial charge in [-0.25, -0.2) is 4.79 Å². The first kappa shape index (κ1) is 14.6. The van der Waals surface area contributed by atoms with E-state index in [4.69, 9.17) is 10.5 Å². The molecule has 22 heavy (non-hydrogen) atoms. The maximum Gasteiger partial charge on any atom is 0.404 e. The lowest BCUT2D eigenvalue weighted by atomic mass is 9.94. The second-order valence-electron chi connectivity index (χ2n) is 5.65. The molecular formula is C18H20N2O2. The number of hydrogen-bond acceptors (Lipinski definition) is 3. The van der Waals surface area contributed by atoms with E-state index in [0.29, 0.717) is 6.61 Å². The van der Waals surface area contributed by atoms with Crippen LogP contribution in [0.1, 0.15) is 16.7 Å². The summed E-state index contributed by atoms with van der Waals surface area (Å²) in [6.45, 7) is 2.02. The van der Waals surface area contributed by atoms with Crippen molar-refractivity contribution in [2.45, 2.75) is 25.6 Å². The summed E-state index contributed by atoms with van der Waals surface area (Å²) in [6, 6.07) is 18.9. The summed E-state index contributed by atoms with van der Waals surface area (Å²) in [5.74, 6) is 0. The number of rotatable bonds is 4. The minimum Gasteiger partial charge on any atom is -0.448 e. The third-order valence-electron chi connectivity index (χ3n) is 4.11. The van der Waals surface area contributed by atoms with Crippen molar-refractivity contribution >= 4 is 6.09 Å². The van der Waals surface area contributed by atoms with Crippen molar-refractivity contribution in [3.05, 3.63) is 71.3 Å². The Morgan fingerprint density at radius 3 is 2.50 bits per heavy atom. The van der Waals surface area contributed by atoms with Crippen LogP contribution in [0.25, 0.3) is 0 Å². The van der Waals surface area contributed by atoms with Gasteiger partial charge in [-0.2, -0.15) is 0 Å². The number of benzene rings is 2. The third-order valence-corrected chi connectivity index (χ3v) is 4.11. The molecule has 0 fully saturated rings. The van der Waals surface area contributed by atoms with Gasteiger partial charge in [-0.05, 0) is 23.1 Å². The van der Waals surface area contributed by atoms with Gasteiger partial charge in [0.15, 0.2) is 0 Å². The zero-order valence-corrected chi connectivity index (χ0v) is 12.4. The summed E-state index contributed by atoms with van der Waals surface area (Å²) in [5, 5.41) is 0. The highest BCUT2D eigenvalue weighted by atomic mass is 16.5. The van der Waals surface area contributed by atoms with E-state index >= 15 is 0 Å². The monoisotopic (exact) mass is 296 g/mol. The molecule has 114 valence electrons. The average molecular weight is 296 g/mol. The van der Waals surface area contributed by atoms with Crippen LogP contribution in [0, 0.1) is 0 Å². The van der Waals surface area contributed by atoms with Crippen molar-refractivity contribution in [1.29, 1.82) is 0 Å². The maximum atomic E-state index is 10.9. The number of carbonyl (C=O) groups excluding carboxylic acids is 1. The van der Waals surface area contributed by atoms with Crippen LogP contribution in [0.5, 0.6) is 0 Å². The van der Waals surface area contributed by atoms with E-state index in [1.165, 1.54) is 16.7 Å². The summed E-state index contributed by atoms with van der Waals surface area (Å²) in [7, 11) is 0. The molecule has 0 spiro atoms. The van der Waals surface area contributed by atoms with E-state index in [-0.39, 0.29) is 6.04 Å². The predicted octanol–water partition coefficient (Wildman–Crippen LogP) is 2.71. The maximum absolute atomic E-state index is 10.9. The first-order chi connectivity index (χ1) is 10.7. The van der Waals surface area contributed by atoms with Gasteiger partial charge in [0.1, 0.15) is 6.61 Å². The van der Waals surface area contributed by atoms with Crippen molar-refractivity contribution in [2.24, 2.45) is 5.73 Å². The number of nitrogens with zero attached hydrogens (tertiary/aromatic N) is 1. The molecule has 0 saturated heterocycles. The molecule has 1 atom stereocenters.